The first-order valence-electron chi connectivity index (χ1n) is 10.2. The highest BCUT2D eigenvalue weighted by Gasteiger charge is 2.44. The first kappa shape index (κ1) is 18.4. The van der Waals surface area contributed by atoms with Crippen LogP contribution in [0.1, 0.15) is 43.2 Å². The summed E-state index contributed by atoms with van der Waals surface area (Å²) in [6.07, 6.45) is 3.26. The van der Waals surface area contributed by atoms with Gasteiger partial charge >= 0.3 is 0 Å². The third-order valence-electron chi connectivity index (χ3n) is 6.38. The Bertz CT molecular complexity index is 924. The molecule has 0 bridgehead atoms. The van der Waals surface area contributed by atoms with Crippen molar-refractivity contribution >= 4 is 0 Å². The first-order valence-corrected chi connectivity index (χ1v) is 10.2. The van der Waals surface area contributed by atoms with Gasteiger partial charge < -0.3 is 23.7 Å². The molecular weight excluding hydrogens is 370 g/mol. The minimum atomic E-state index is -0.382. The van der Waals surface area contributed by atoms with Crippen LogP contribution in [-0.4, -0.2) is 44.7 Å². The molecule has 6 heteroatoms. The second-order valence-electron chi connectivity index (χ2n) is 8.08. The Kier molecular flexibility index (Phi) is 4.46. The van der Waals surface area contributed by atoms with Gasteiger partial charge in [-0.1, -0.05) is 6.07 Å². The zero-order valence-electron chi connectivity index (χ0n) is 17.2. The van der Waals surface area contributed by atoms with Crippen LogP contribution in [0.2, 0.25) is 0 Å². The molecule has 0 amide bonds. The highest BCUT2D eigenvalue weighted by molar-refractivity contribution is 5.58. The van der Waals surface area contributed by atoms with E-state index >= 15 is 0 Å². The molecule has 29 heavy (non-hydrogen) atoms. The fourth-order valence-electron chi connectivity index (χ4n) is 4.83. The number of hydrogen-bond donors (Lipinski definition) is 0. The van der Waals surface area contributed by atoms with Gasteiger partial charge in [-0.15, -0.1) is 0 Å². The lowest BCUT2D eigenvalue weighted by Crippen LogP contribution is -2.52. The van der Waals surface area contributed by atoms with E-state index < -0.39 is 0 Å². The van der Waals surface area contributed by atoms with Crippen molar-refractivity contribution in [2.75, 3.05) is 34.1 Å². The summed E-state index contributed by atoms with van der Waals surface area (Å²) in [6.45, 7) is 4.57. The highest BCUT2D eigenvalue weighted by atomic mass is 16.7. The summed E-state index contributed by atoms with van der Waals surface area (Å²) in [7, 11) is 3.38. The molecule has 0 saturated carbocycles. The van der Waals surface area contributed by atoms with Crippen molar-refractivity contribution in [3.05, 3.63) is 41.5 Å². The van der Waals surface area contributed by atoms with Gasteiger partial charge in [0.15, 0.2) is 17.2 Å². The van der Waals surface area contributed by atoms with Gasteiger partial charge in [0.2, 0.25) is 6.79 Å². The minimum absolute atomic E-state index is 0.111. The summed E-state index contributed by atoms with van der Waals surface area (Å²) in [4.78, 5) is 2.46. The van der Waals surface area contributed by atoms with Gasteiger partial charge in [0, 0.05) is 48.7 Å². The second-order valence-corrected chi connectivity index (χ2v) is 8.08. The van der Waals surface area contributed by atoms with Crippen LogP contribution in [0.25, 0.3) is 0 Å². The van der Waals surface area contributed by atoms with E-state index in [4.69, 9.17) is 23.7 Å². The Balaban J connectivity index is 1.64. The summed E-state index contributed by atoms with van der Waals surface area (Å²) in [5.41, 5.74) is 1.85. The third-order valence-corrected chi connectivity index (χ3v) is 6.38. The monoisotopic (exact) mass is 397 g/mol. The fourth-order valence-corrected chi connectivity index (χ4v) is 4.83. The standard InChI is InChI=1S/C23H27NO5/c1-23(24-8-4-5-9-24)13-18(16-7-6-15(25-2)10-19(16)26-3)17-11-21-22(28-14-27-21)12-20(17)29-23/h6-7,10-12,18H,4-5,8-9,13-14H2,1-3H3. The van der Waals surface area contributed by atoms with Gasteiger partial charge in [-0.05, 0) is 31.9 Å². The molecule has 5 rings (SSSR count). The van der Waals surface area contributed by atoms with Crippen LogP contribution in [-0.2, 0) is 0 Å². The smallest absolute Gasteiger partial charge is 0.231 e. The van der Waals surface area contributed by atoms with E-state index in [9.17, 15) is 0 Å². The van der Waals surface area contributed by atoms with Crippen molar-refractivity contribution in [1.82, 2.24) is 4.90 Å². The van der Waals surface area contributed by atoms with Gasteiger partial charge in [-0.25, -0.2) is 0 Å². The average Bonchev–Trinajstić information content (AvgIpc) is 3.43. The molecule has 1 fully saturated rings. The normalized spacial score (nSPS) is 25.4. The number of nitrogens with zero attached hydrogens (tertiary/aromatic N) is 1. The zero-order chi connectivity index (χ0) is 20.0. The zero-order valence-corrected chi connectivity index (χ0v) is 17.2. The van der Waals surface area contributed by atoms with E-state index in [-0.39, 0.29) is 18.4 Å². The summed E-state index contributed by atoms with van der Waals surface area (Å²) in [6, 6.07) is 10.1. The van der Waals surface area contributed by atoms with Crippen LogP contribution in [0.3, 0.4) is 0 Å². The minimum Gasteiger partial charge on any atom is -0.497 e. The topological polar surface area (TPSA) is 49.4 Å². The van der Waals surface area contributed by atoms with Crippen LogP contribution >= 0.6 is 0 Å². The Morgan fingerprint density at radius 1 is 0.931 bits per heavy atom. The molecule has 0 aliphatic carbocycles. The number of rotatable bonds is 4. The van der Waals surface area contributed by atoms with Crippen molar-refractivity contribution < 1.29 is 23.7 Å². The number of hydrogen-bond acceptors (Lipinski definition) is 6. The molecule has 0 N–H and O–H groups in total. The first-order chi connectivity index (χ1) is 14.1. The van der Waals surface area contributed by atoms with Crippen molar-refractivity contribution in [1.29, 1.82) is 0 Å². The van der Waals surface area contributed by atoms with Crippen LogP contribution in [0.4, 0.5) is 0 Å². The maximum absolute atomic E-state index is 6.62. The van der Waals surface area contributed by atoms with Gasteiger partial charge in [0.1, 0.15) is 17.2 Å². The van der Waals surface area contributed by atoms with Gasteiger partial charge in [0.25, 0.3) is 0 Å². The maximum Gasteiger partial charge on any atom is 0.231 e. The fraction of sp³-hybridized carbons (Fsp3) is 0.478. The molecule has 3 heterocycles. The van der Waals surface area contributed by atoms with Crippen molar-refractivity contribution in [3.63, 3.8) is 0 Å². The van der Waals surface area contributed by atoms with Crippen LogP contribution in [0.15, 0.2) is 30.3 Å². The number of ether oxygens (including phenoxy) is 5. The number of fused-ring (bicyclic) bond motifs is 2. The average molecular weight is 397 g/mol. The van der Waals surface area contributed by atoms with Gasteiger partial charge in [-0.2, -0.15) is 0 Å². The molecule has 2 aromatic rings. The maximum atomic E-state index is 6.62. The highest BCUT2D eigenvalue weighted by Crippen LogP contribution is 2.52. The van der Waals surface area contributed by atoms with Crippen molar-refractivity contribution in [2.24, 2.45) is 0 Å². The van der Waals surface area contributed by atoms with Gasteiger partial charge in [0.05, 0.1) is 14.2 Å². The van der Waals surface area contributed by atoms with E-state index in [0.29, 0.717) is 0 Å². The molecule has 2 unspecified atom stereocenters. The van der Waals surface area contributed by atoms with Crippen molar-refractivity contribution in [3.8, 4) is 28.7 Å². The lowest BCUT2D eigenvalue weighted by molar-refractivity contribution is -0.0768. The molecule has 2 atom stereocenters. The quantitative estimate of drug-likeness (QED) is 0.772. The third kappa shape index (κ3) is 3.06. The summed E-state index contributed by atoms with van der Waals surface area (Å²) in [5.74, 6) is 4.09. The van der Waals surface area contributed by atoms with E-state index in [1.54, 1.807) is 14.2 Å². The molecule has 6 nitrogen and oxygen atoms in total. The molecule has 3 aliphatic heterocycles. The molecule has 0 radical (unpaired) electrons. The Labute approximate surface area is 171 Å². The van der Waals surface area contributed by atoms with Crippen molar-refractivity contribution in [2.45, 2.75) is 37.8 Å². The summed E-state index contributed by atoms with van der Waals surface area (Å²) >= 11 is 0. The SMILES string of the molecule is COc1ccc(C2CC(C)(N3CCCC3)Oc3cc4c(cc32)OCO4)c(OC)c1. The molecule has 0 aromatic heterocycles. The predicted octanol–water partition coefficient (Wildman–Crippen LogP) is 4.16. The Hall–Kier alpha value is -2.60. The molecule has 3 aliphatic rings. The number of methoxy groups -OCH3 is 2. The van der Waals surface area contributed by atoms with E-state index in [1.165, 1.54) is 12.8 Å². The molecule has 2 aromatic carbocycles. The molecular formula is C23H27NO5. The second kappa shape index (κ2) is 7.02. The van der Waals surface area contributed by atoms with Crippen LogP contribution in [0.5, 0.6) is 28.7 Å². The molecule has 0 spiro atoms. The largest absolute Gasteiger partial charge is 0.497 e. The summed E-state index contributed by atoms with van der Waals surface area (Å²) < 4.78 is 29.0. The molecule has 1 saturated heterocycles. The number of benzene rings is 2. The predicted molar refractivity (Wildman–Crippen MR) is 108 cm³/mol. The Morgan fingerprint density at radius 3 is 2.41 bits per heavy atom. The summed E-state index contributed by atoms with van der Waals surface area (Å²) in [5, 5.41) is 0. The van der Waals surface area contributed by atoms with Gasteiger partial charge in [-0.3, -0.25) is 4.90 Å². The van der Waals surface area contributed by atoms with Crippen LogP contribution in [0, 0.1) is 0 Å². The van der Waals surface area contributed by atoms with E-state index in [1.807, 2.05) is 18.2 Å². The Morgan fingerprint density at radius 2 is 1.69 bits per heavy atom. The van der Waals surface area contributed by atoms with Crippen LogP contribution < -0.4 is 23.7 Å². The number of likely N-dealkylation sites (tertiary alicyclic amines) is 1. The van der Waals surface area contributed by atoms with E-state index in [0.717, 1.165) is 59.4 Å². The lowest BCUT2D eigenvalue weighted by atomic mass is 9.81. The van der Waals surface area contributed by atoms with E-state index in [2.05, 4.69) is 24.0 Å². The lowest BCUT2D eigenvalue weighted by Gasteiger charge is -2.45. The molecule has 154 valence electrons.